The largest absolute Gasteiger partial charge is 0.507 e. The smallest absolute Gasteiger partial charge is 0.295 e. The summed E-state index contributed by atoms with van der Waals surface area (Å²) in [6, 6.07) is 5.64. The number of halogens is 1. The second-order valence-corrected chi connectivity index (χ2v) is 10.3. The monoisotopic (exact) mass is 500 g/mol. The third-order valence-electron chi connectivity index (χ3n) is 6.66. The van der Waals surface area contributed by atoms with E-state index < -0.39 is 23.5 Å². The van der Waals surface area contributed by atoms with Gasteiger partial charge in [-0.2, -0.15) is 0 Å². The molecule has 1 unspecified atom stereocenters. The van der Waals surface area contributed by atoms with E-state index in [-0.39, 0.29) is 16.9 Å². The number of likely N-dealkylation sites (tertiary alicyclic amines) is 1. The molecular formula is C28H37FN2O3S. The second-order valence-electron chi connectivity index (χ2n) is 9.33. The molecule has 1 aliphatic rings. The molecule has 2 aromatic rings. The van der Waals surface area contributed by atoms with Crippen molar-refractivity contribution in [2.45, 2.75) is 65.8 Å². The summed E-state index contributed by atoms with van der Waals surface area (Å²) in [6.45, 7) is 11.3. The summed E-state index contributed by atoms with van der Waals surface area (Å²) in [7, 11) is 0. The Hall–Kier alpha value is -2.51. The molecule has 2 heterocycles. The predicted octanol–water partition coefficient (Wildman–Crippen LogP) is 6.22. The van der Waals surface area contributed by atoms with Gasteiger partial charge in [0, 0.05) is 17.0 Å². The van der Waals surface area contributed by atoms with Gasteiger partial charge >= 0.3 is 0 Å². The highest BCUT2D eigenvalue weighted by Gasteiger charge is 2.46. The zero-order valence-electron chi connectivity index (χ0n) is 21.3. The number of ketones is 1. The number of aryl methyl sites for hydroxylation is 2. The van der Waals surface area contributed by atoms with Gasteiger partial charge in [-0.05, 0) is 81.4 Å². The topological polar surface area (TPSA) is 60.9 Å². The van der Waals surface area contributed by atoms with E-state index in [0.717, 1.165) is 62.2 Å². The Morgan fingerprint density at radius 3 is 2.26 bits per heavy atom. The van der Waals surface area contributed by atoms with Crippen molar-refractivity contribution < 1.29 is 19.1 Å². The first kappa shape index (κ1) is 27.1. The molecule has 1 aromatic heterocycles. The maximum Gasteiger partial charge on any atom is 0.295 e. The molecule has 1 aliphatic heterocycles. The van der Waals surface area contributed by atoms with E-state index in [1.54, 1.807) is 24.0 Å². The van der Waals surface area contributed by atoms with Gasteiger partial charge < -0.3 is 14.9 Å². The van der Waals surface area contributed by atoms with Crippen LogP contribution in [0, 0.1) is 19.7 Å². The average Bonchev–Trinajstić information content (AvgIpc) is 3.37. The van der Waals surface area contributed by atoms with Gasteiger partial charge in [-0.25, -0.2) is 4.39 Å². The van der Waals surface area contributed by atoms with E-state index in [9.17, 15) is 19.1 Å². The van der Waals surface area contributed by atoms with Gasteiger partial charge in [-0.1, -0.05) is 38.8 Å². The van der Waals surface area contributed by atoms with Gasteiger partial charge in [0.25, 0.3) is 11.7 Å². The second kappa shape index (κ2) is 12.5. The lowest BCUT2D eigenvalue weighted by molar-refractivity contribution is -0.139. The van der Waals surface area contributed by atoms with Crippen molar-refractivity contribution in [3.8, 4) is 0 Å². The summed E-state index contributed by atoms with van der Waals surface area (Å²) in [5.74, 6) is -2.11. The van der Waals surface area contributed by atoms with E-state index in [1.165, 1.54) is 17.4 Å². The first-order valence-electron chi connectivity index (χ1n) is 12.6. The van der Waals surface area contributed by atoms with Gasteiger partial charge in [0.1, 0.15) is 11.6 Å². The minimum atomic E-state index is -0.713. The molecule has 35 heavy (non-hydrogen) atoms. The number of hydrogen-bond donors (Lipinski definition) is 1. The summed E-state index contributed by atoms with van der Waals surface area (Å²) < 4.78 is 14.2. The Morgan fingerprint density at radius 2 is 1.69 bits per heavy atom. The van der Waals surface area contributed by atoms with Crippen LogP contribution in [0.15, 0.2) is 35.2 Å². The van der Waals surface area contributed by atoms with Gasteiger partial charge in [0.05, 0.1) is 11.6 Å². The molecule has 0 spiro atoms. The molecule has 0 radical (unpaired) electrons. The van der Waals surface area contributed by atoms with Crippen LogP contribution >= 0.6 is 11.3 Å². The summed E-state index contributed by atoms with van der Waals surface area (Å²) >= 11 is 1.46. The summed E-state index contributed by atoms with van der Waals surface area (Å²) in [5.41, 5.74) is 1.65. The minimum absolute atomic E-state index is 0.0395. The lowest BCUT2D eigenvalue weighted by atomic mass is 9.98. The van der Waals surface area contributed by atoms with Gasteiger partial charge in [0.2, 0.25) is 0 Å². The van der Waals surface area contributed by atoms with Crippen LogP contribution in [0.1, 0.15) is 73.6 Å². The van der Waals surface area contributed by atoms with Crippen molar-refractivity contribution in [3.63, 3.8) is 0 Å². The lowest BCUT2D eigenvalue weighted by Gasteiger charge is -2.27. The number of nitrogens with zero attached hydrogens (tertiary/aromatic N) is 2. The van der Waals surface area contributed by atoms with Crippen LogP contribution in [0.3, 0.4) is 0 Å². The zero-order valence-corrected chi connectivity index (χ0v) is 22.1. The number of aliphatic hydroxyl groups is 1. The fourth-order valence-electron chi connectivity index (χ4n) is 4.51. The summed E-state index contributed by atoms with van der Waals surface area (Å²) in [4.78, 5) is 31.2. The van der Waals surface area contributed by atoms with Crippen LogP contribution in [-0.4, -0.2) is 52.8 Å². The van der Waals surface area contributed by atoms with E-state index in [0.29, 0.717) is 12.1 Å². The number of Topliss-reactive ketones (excluding diaryl/α,β-unsaturated/α-hetero) is 1. The number of thiophene rings is 1. The van der Waals surface area contributed by atoms with Gasteiger partial charge in [-0.3, -0.25) is 9.59 Å². The van der Waals surface area contributed by atoms with Crippen molar-refractivity contribution in [1.29, 1.82) is 0 Å². The van der Waals surface area contributed by atoms with Crippen LogP contribution in [0.5, 0.6) is 0 Å². The Balaban J connectivity index is 1.91. The molecule has 1 fully saturated rings. The maximum absolute atomic E-state index is 14.2. The zero-order chi connectivity index (χ0) is 25.5. The summed E-state index contributed by atoms with van der Waals surface area (Å²) in [5, 5.41) is 13.0. The number of unbranched alkanes of at least 4 members (excludes halogenated alkanes) is 2. The Kier molecular flexibility index (Phi) is 9.63. The van der Waals surface area contributed by atoms with Crippen LogP contribution < -0.4 is 0 Å². The maximum atomic E-state index is 14.2. The first-order valence-corrected chi connectivity index (χ1v) is 13.5. The predicted molar refractivity (Wildman–Crippen MR) is 140 cm³/mol. The molecule has 1 saturated heterocycles. The van der Waals surface area contributed by atoms with Crippen LogP contribution in [-0.2, 0) is 9.59 Å². The third kappa shape index (κ3) is 6.19. The lowest BCUT2D eigenvalue weighted by Crippen LogP contribution is -2.34. The van der Waals surface area contributed by atoms with Crippen molar-refractivity contribution in [2.75, 3.05) is 26.2 Å². The van der Waals surface area contributed by atoms with Crippen molar-refractivity contribution in [3.05, 3.63) is 62.6 Å². The molecule has 1 aromatic carbocycles. The van der Waals surface area contributed by atoms with E-state index in [4.69, 9.17) is 0 Å². The number of aliphatic hydroxyl groups excluding tert-OH is 1. The molecule has 0 saturated carbocycles. The Morgan fingerprint density at radius 1 is 1.03 bits per heavy atom. The number of carbonyl (C=O) groups excluding carboxylic acids is 2. The standard InChI is InChI=1S/C28H37FN2O3S/c1-5-7-13-30(14-8-6-2)15-9-16-31-24(27-20(4)12-17-35-27)23(26(33)28(31)34)25(32)21-11-10-19(3)22(29)18-21/h10-12,17-18,24,32H,5-9,13-16H2,1-4H3/b25-23+. The van der Waals surface area contributed by atoms with Gasteiger partial charge in [-0.15, -0.1) is 11.3 Å². The average molecular weight is 501 g/mol. The Labute approximate surface area is 212 Å². The number of rotatable bonds is 12. The van der Waals surface area contributed by atoms with Crippen LogP contribution in [0.25, 0.3) is 5.76 Å². The highest BCUT2D eigenvalue weighted by molar-refractivity contribution is 7.10. The van der Waals surface area contributed by atoms with Crippen molar-refractivity contribution in [2.24, 2.45) is 0 Å². The number of amides is 1. The molecule has 1 amide bonds. The van der Waals surface area contributed by atoms with Gasteiger partial charge in [0.15, 0.2) is 0 Å². The van der Waals surface area contributed by atoms with Crippen molar-refractivity contribution >= 4 is 28.8 Å². The molecule has 1 N–H and O–H groups in total. The fourth-order valence-corrected chi connectivity index (χ4v) is 5.55. The molecule has 0 bridgehead atoms. The number of hydrogen-bond acceptors (Lipinski definition) is 5. The highest BCUT2D eigenvalue weighted by Crippen LogP contribution is 2.42. The quantitative estimate of drug-likeness (QED) is 0.214. The van der Waals surface area contributed by atoms with E-state index >= 15 is 0 Å². The summed E-state index contributed by atoms with van der Waals surface area (Å²) in [6.07, 6.45) is 5.27. The van der Waals surface area contributed by atoms with Crippen LogP contribution in [0.2, 0.25) is 0 Å². The molecule has 0 aliphatic carbocycles. The fraction of sp³-hybridized carbons (Fsp3) is 0.500. The van der Waals surface area contributed by atoms with Crippen LogP contribution in [0.4, 0.5) is 4.39 Å². The normalized spacial score (nSPS) is 17.7. The number of benzene rings is 1. The highest BCUT2D eigenvalue weighted by atomic mass is 32.1. The molecule has 5 nitrogen and oxygen atoms in total. The minimum Gasteiger partial charge on any atom is -0.507 e. The molecule has 190 valence electrons. The van der Waals surface area contributed by atoms with Crippen molar-refractivity contribution in [1.82, 2.24) is 9.80 Å². The van der Waals surface area contributed by atoms with E-state index in [2.05, 4.69) is 18.7 Å². The molecule has 7 heteroatoms. The molecular weight excluding hydrogens is 463 g/mol. The molecule has 3 rings (SSSR count). The SMILES string of the molecule is CCCCN(CCCC)CCCN1C(=O)C(=O)/C(=C(/O)c2ccc(C)c(F)c2)C1c1sccc1C. The first-order chi connectivity index (χ1) is 16.8. The van der Waals surface area contributed by atoms with E-state index in [1.807, 2.05) is 18.4 Å². The number of carbonyl (C=O) groups is 2. The third-order valence-corrected chi connectivity index (χ3v) is 7.74. The Bertz CT molecular complexity index is 1070. The molecule has 1 atom stereocenters.